The van der Waals surface area contributed by atoms with E-state index in [-0.39, 0.29) is 10.6 Å². The van der Waals surface area contributed by atoms with E-state index >= 15 is 0 Å². The lowest BCUT2D eigenvalue weighted by molar-refractivity contribution is -0.384. The zero-order valence-corrected chi connectivity index (χ0v) is 13.9. The van der Waals surface area contributed by atoms with E-state index in [4.69, 9.17) is 0 Å². The lowest BCUT2D eigenvalue weighted by Gasteiger charge is -2.34. The van der Waals surface area contributed by atoms with Crippen molar-refractivity contribution in [3.05, 3.63) is 38.3 Å². The molecule has 0 bridgehead atoms. The number of nitro benzene ring substituents is 1. The smallest absolute Gasteiger partial charge is 0.270 e. The summed E-state index contributed by atoms with van der Waals surface area (Å²) in [6, 6.07) is 5.66. The van der Waals surface area contributed by atoms with Gasteiger partial charge in [0.2, 0.25) is 0 Å². The first-order valence-electron chi connectivity index (χ1n) is 7.49. The van der Waals surface area contributed by atoms with Crippen molar-refractivity contribution in [3.8, 4) is 0 Å². The number of hydrogen-bond donors (Lipinski definition) is 1. The first-order valence-corrected chi connectivity index (χ1v) is 8.28. The van der Waals surface area contributed by atoms with E-state index in [9.17, 15) is 10.1 Å². The Kier molecular flexibility index (Phi) is 6.14. The van der Waals surface area contributed by atoms with Gasteiger partial charge in [-0.15, -0.1) is 0 Å². The van der Waals surface area contributed by atoms with Gasteiger partial charge in [-0.2, -0.15) is 0 Å². The Morgan fingerprint density at radius 3 is 2.71 bits per heavy atom. The molecule has 1 saturated heterocycles. The molecule has 6 heteroatoms. The quantitative estimate of drug-likeness (QED) is 0.628. The molecular formula is C15H22BrN3O2. The van der Waals surface area contributed by atoms with E-state index in [0.717, 1.165) is 42.6 Å². The summed E-state index contributed by atoms with van der Waals surface area (Å²) in [5.74, 6) is 0. The number of nitrogens with one attached hydrogen (secondary N) is 1. The van der Waals surface area contributed by atoms with Crippen LogP contribution < -0.4 is 5.32 Å². The average molecular weight is 356 g/mol. The Bertz CT molecular complexity index is 490. The second-order valence-corrected chi connectivity index (χ2v) is 6.34. The highest BCUT2D eigenvalue weighted by Gasteiger charge is 2.21. The van der Waals surface area contributed by atoms with Crippen molar-refractivity contribution in [1.82, 2.24) is 10.2 Å². The lowest BCUT2D eigenvalue weighted by Crippen LogP contribution is -2.43. The van der Waals surface area contributed by atoms with E-state index in [2.05, 4.69) is 33.1 Å². The average Bonchev–Trinajstić information content (AvgIpc) is 2.49. The fourth-order valence-electron chi connectivity index (χ4n) is 2.85. The Labute approximate surface area is 134 Å². The molecule has 1 aliphatic heterocycles. The topological polar surface area (TPSA) is 58.4 Å². The molecule has 2 rings (SSSR count). The van der Waals surface area contributed by atoms with Crippen LogP contribution in [0.2, 0.25) is 0 Å². The van der Waals surface area contributed by atoms with Crippen LogP contribution in [0.15, 0.2) is 22.7 Å². The van der Waals surface area contributed by atoms with Crippen molar-refractivity contribution in [1.29, 1.82) is 0 Å². The van der Waals surface area contributed by atoms with Gasteiger partial charge in [0.05, 0.1) is 4.92 Å². The van der Waals surface area contributed by atoms with Crippen LogP contribution in [0.25, 0.3) is 0 Å². The highest BCUT2D eigenvalue weighted by Crippen LogP contribution is 2.26. The number of rotatable bonds is 6. The number of nitrogens with zero attached hydrogens (tertiary/aromatic N) is 2. The maximum Gasteiger partial charge on any atom is 0.270 e. The monoisotopic (exact) mass is 355 g/mol. The predicted molar refractivity (Wildman–Crippen MR) is 87.4 cm³/mol. The fraction of sp³-hybridized carbons (Fsp3) is 0.600. The minimum absolute atomic E-state index is 0.134. The summed E-state index contributed by atoms with van der Waals surface area (Å²) in [6.45, 7) is 6.25. The van der Waals surface area contributed by atoms with E-state index in [1.807, 2.05) is 6.07 Å². The third-order valence-corrected chi connectivity index (χ3v) is 4.70. The van der Waals surface area contributed by atoms with Gasteiger partial charge in [-0.1, -0.05) is 22.9 Å². The van der Waals surface area contributed by atoms with Gasteiger partial charge in [0.1, 0.15) is 0 Å². The van der Waals surface area contributed by atoms with Gasteiger partial charge in [0.15, 0.2) is 0 Å². The van der Waals surface area contributed by atoms with Crippen molar-refractivity contribution in [2.24, 2.45) is 0 Å². The van der Waals surface area contributed by atoms with Crippen molar-refractivity contribution in [3.63, 3.8) is 0 Å². The van der Waals surface area contributed by atoms with E-state index in [1.54, 1.807) is 12.1 Å². The SMILES string of the molecule is CCCN(Cc1ccc([N+](=O)[O-])cc1Br)C1CCNCC1. The summed E-state index contributed by atoms with van der Waals surface area (Å²) >= 11 is 3.48. The van der Waals surface area contributed by atoms with Gasteiger partial charge in [-0.3, -0.25) is 15.0 Å². The molecule has 0 amide bonds. The minimum Gasteiger partial charge on any atom is -0.317 e. The number of halogens is 1. The molecule has 0 aromatic heterocycles. The molecule has 1 aromatic carbocycles. The Hall–Kier alpha value is -0.980. The number of piperidine rings is 1. The summed E-state index contributed by atoms with van der Waals surface area (Å²) in [5.41, 5.74) is 1.25. The molecule has 1 N–H and O–H groups in total. The summed E-state index contributed by atoms with van der Waals surface area (Å²) in [4.78, 5) is 13.0. The van der Waals surface area contributed by atoms with Crippen LogP contribution >= 0.6 is 15.9 Å². The highest BCUT2D eigenvalue weighted by atomic mass is 79.9. The number of nitro groups is 1. The summed E-state index contributed by atoms with van der Waals surface area (Å²) in [6.07, 6.45) is 3.46. The summed E-state index contributed by atoms with van der Waals surface area (Å²) in [5, 5.41) is 14.2. The molecule has 0 unspecified atom stereocenters. The van der Waals surface area contributed by atoms with Crippen molar-refractivity contribution >= 4 is 21.6 Å². The predicted octanol–water partition coefficient (Wildman–Crippen LogP) is 3.32. The van der Waals surface area contributed by atoms with E-state index < -0.39 is 0 Å². The zero-order valence-electron chi connectivity index (χ0n) is 12.3. The van der Waals surface area contributed by atoms with Crippen molar-refractivity contribution in [2.45, 2.75) is 38.8 Å². The van der Waals surface area contributed by atoms with Crippen LogP contribution in [0.1, 0.15) is 31.7 Å². The second-order valence-electron chi connectivity index (χ2n) is 5.48. The van der Waals surface area contributed by atoms with E-state index in [1.165, 1.54) is 12.8 Å². The second kappa shape index (κ2) is 7.87. The molecule has 0 atom stereocenters. The first kappa shape index (κ1) is 16.4. The van der Waals surface area contributed by atoms with Gasteiger partial charge in [-0.05, 0) is 50.5 Å². The number of hydrogen-bond acceptors (Lipinski definition) is 4. The standard InChI is InChI=1S/C15H22BrN3O2/c1-2-9-18(13-5-7-17-8-6-13)11-12-3-4-14(19(20)21)10-15(12)16/h3-4,10,13,17H,2,5-9,11H2,1H3. The first-order chi connectivity index (χ1) is 10.1. The van der Waals surface area contributed by atoms with Crippen LogP contribution in [0.4, 0.5) is 5.69 Å². The minimum atomic E-state index is -0.356. The van der Waals surface area contributed by atoms with Gasteiger partial charge in [0, 0.05) is 29.2 Å². The van der Waals surface area contributed by atoms with Gasteiger partial charge >= 0.3 is 0 Å². The maximum absolute atomic E-state index is 10.8. The molecule has 1 aromatic rings. The van der Waals surface area contributed by atoms with Crippen LogP contribution in [0.5, 0.6) is 0 Å². The molecule has 5 nitrogen and oxygen atoms in total. The number of benzene rings is 1. The van der Waals surface area contributed by atoms with Crippen LogP contribution in [0.3, 0.4) is 0 Å². The summed E-state index contributed by atoms with van der Waals surface area (Å²) < 4.78 is 0.826. The molecule has 1 heterocycles. The van der Waals surface area contributed by atoms with Gasteiger partial charge < -0.3 is 5.32 Å². The summed E-state index contributed by atoms with van der Waals surface area (Å²) in [7, 11) is 0. The maximum atomic E-state index is 10.8. The van der Waals surface area contributed by atoms with Crippen LogP contribution in [-0.4, -0.2) is 35.5 Å². The van der Waals surface area contributed by atoms with E-state index in [0.29, 0.717) is 6.04 Å². The molecular weight excluding hydrogens is 334 g/mol. The fourth-order valence-corrected chi connectivity index (χ4v) is 3.34. The third-order valence-electron chi connectivity index (χ3n) is 3.96. The molecule has 0 saturated carbocycles. The largest absolute Gasteiger partial charge is 0.317 e. The van der Waals surface area contributed by atoms with Crippen LogP contribution in [-0.2, 0) is 6.54 Å². The molecule has 1 aliphatic rings. The highest BCUT2D eigenvalue weighted by molar-refractivity contribution is 9.10. The normalized spacial score (nSPS) is 16.3. The zero-order chi connectivity index (χ0) is 15.2. The molecule has 116 valence electrons. The molecule has 21 heavy (non-hydrogen) atoms. The van der Waals surface area contributed by atoms with Crippen molar-refractivity contribution in [2.75, 3.05) is 19.6 Å². The molecule has 0 aliphatic carbocycles. The third kappa shape index (κ3) is 4.49. The van der Waals surface area contributed by atoms with Gasteiger partial charge in [-0.25, -0.2) is 0 Å². The Balaban J connectivity index is 2.10. The molecule has 0 radical (unpaired) electrons. The molecule has 1 fully saturated rings. The van der Waals surface area contributed by atoms with Gasteiger partial charge in [0.25, 0.3) is 5.69 Å². The van der Waals surface area contributed by atoms with Crippen molar-refractivity contribution < 1.29 is 4.92 Å². The molecule has 0 spiro atoms. The lowest BCUT2D eigenvalue weighted by atomic mass is 10.0. The number of non-ortho nitro benzene ring substituents is 1. The Morgan fingerprint density at radius 1 is 1.43 bits per heavy atom. The Morgan fingerprint density at radius 2 is 2.14 bits per heavy atom. The van der Waals surface area contributed by atoms with Crippen LogP contribution in [0, 0.1) is 10.1 Å².